The van der Waals surface area contributed by atoms with E-state index in [4.69, 9.17) is 14.2 Å². The molecule has 296 valence electrons. The van der Waals surface area contributed by atoms with Crippen LogP contribution in [-0.4, -0.2) is 71.1 Å². The number of ether oxygens (including phenoxy) is 4. The summed E-state index contributed by atoms with van der Waals surface area (Å²) >= 11 is 0. The predicted molar refractivity (Wildman–Crippen MR) is 208 cm³/mol. The van der Waals surface area contributed by atoms with Crippen LogP contribution < -0.4 is 20.7 Å². The van der Waals surface area contributed by atoms with Crippen molar-refractivity contribution in [3.63, 3.8) is 0 Å². The van der Waals surface area contributed by atoms with Gasteiger partial charge in [-0.25, -0.2) is 14.6 Å². The van der Waals surface area contributed by atoms with Crippen LogP contribution in [0.2, 0.25) is 0 Å². The van der Waals surface area contributed by atoms with E-state index in [1.807, 2.05) is 78.9 Å². The molecule has 0 unspecified atom stereocenters. The Bertz CT molecular complexity index is 2060. The molecule has 0 bridgehead atoms. The summed E-state index contributed by atoms with van der Waals surface area (Å²) in [6.45, 7) is 0.0475. The van der Waals surface area contributed by atoms with E-state index >= 15 is 0 Å². The number of imidazole rings is 1. The number of ketones is 1. The Kier molecular flexibility index (Phi) is 15.5. The molecule has 3 amide bonds. The first kappa shape index (κ1) is 41.4. The largest absolute Gasteiger partial charge is 0.489 e. The number of aryl methyl sites for hydroxylation is 1. The lowest BCUT2D eigenvalue weighted by atomic mass is 10.0. The first-order chi connectivity index (χ1) is 27.7. The third-order valence-corrected chi connectivity index (χ3v) is 8.65. The standard InChI is InChI=1S/C43H45N5O9/c1-48-24-34(44-29-48)23-37(47-43(53)57-27-33-16-10-5-11-17-33)41(51)45-36(22-30-18-20-35(21-19-30)56-26-32-14-8-4-9-15-32)40(50)46-38(39(49)42(52)54-2)28-55-25-31-12-6-3-7-13-31/h3-21,24,29,36-38H,22-23,25-28H2,1-2H3,(H,45,51)(H,46,50)(H,47,53)/t36-,37-,38-/m0/s1. The van der Waals surface area contributed by atoms with Gasteiger partial charge in [0, 0.05) is 26.1 Å². The Balaban J connectivity index is 1.35. The van der Waals surface area contributed by atoms with Gasteiger partial charge in [0.05, 0.1) is 32.3 Å². The Morgan fingerprint density at radius 2 is 1.18 bits per heavy atom. The number of carbonyl (C=O) groups excluding carboxylic acids is 5. The van der Waals surface area contributed by atoms with Gasteiger partial charge in [0.25, 0.3) is 5.78 Å². The van der Waals surface area contributed by atoms with Crippen LogP contribution in [0.5, 0.6) is 5.75 Å². The van der Waals surface area contributed by atoms with E-state index in [0.29, 0.717) is 23.6 Å². The minimum atomic E-state index is -1.45. The molecule has 1 heterocycles. The Morgan fingerprint density at radius 1 is 0.632 bits per heavy atom. The molecule has 1 aromatic heterocycles. The minimum Gasteiger partial charge on any atom is -0.489 e. The molecule has 4 aromatic carbocycles. The van der Waals surface area contributed by atoms with E-state index in [1.165, 1.54) is 0 Å². The molecule has 3 N–H and O–H groups in total. The van der Waals surface area contributed by atoms with Crippen LogP contribution in [0.3, 0.4) is 0 Å². The second-order valence-electron chi connectivity index (χ2n) is 13.1. The molecule has 5 aromatic rings. The van der Waals surface area contributed by atoms with Gasteiger partial charge in [-0.15, -0.1) is 0 Å². The number of alkyl carbamates (subject to hydrolysis) is 1. The molecule has 0 radical (unpaired) electrons. The highest BCUT2D eigenvalue weighted by atomic mass is 16.5. The summed E-state index contributed by atoms with van der Waals surface area (Å²) in [5.74, 6) is -3.15. The molecule has 0 fully saturated rings. The highest BCUT2D eigenvalue weighted by molar-refractivity contribution is 6.36. The molecule has 0 aliphatic rings. The Morgan fingerprint density at radius 3 is 1.74 bits per heavy atom. The van der Waals surface area contributed by atoms with E-state index in [1.54, 1.807) is 60.5 Å². The fourth-order valence-electron chi connectivity index (χ4n) is 5.64. The number of hydrogen-bond acceptors (Lipinski definition) is 10. The maximum Gasteiger partial charge on any atom is 0.408 e. The van der Waals surface area contributed by atoms with E-state index in [0.717, 1.165) is 23.8 Å². The molecule has 5 rings (SSSR count). The number of methoxy groups -OCH3 is 1. The zero-order valence-corrected chi connectivity index (χ0v) is 31.7. The van der Waals surface area contributed by atoms with Crippen molar-refractivity contribution in [2.75, 3.05) is 13.7 Å². The van der Waals surface area contributed by atoms with Crippen molar-refractivity contribution >= 4 is 29.7 Å². The van der Waals surface area contributed by atoms with Crippen molar-refractivity contribution in [3.05, 3.63) is 156 Å². The fraction of sp³-hybridized carbons (Fsp3) is 0.256. The van der Waals surface area contributed by atoms with Gasteiger partial charge < -0.3 is 39.5 Å². The molecule has 14 nitrogen and oxygen atoms in total. The van der Waals surface area contributed by atoms with Gasteiger partial charge in [0.15, 0.2) is 0 Å². The van der Waals surface area contributed by atoms with E-state index in [2.05, 4.69) is 25.7 Å². The summed E-state index contributed by atoms with van der Waals surface area (Å²) < 4.78 is 23.4. The zero-order chi connectivity index (χ0) is 40.4. The molecule has 57 heavy (non-hydrogen) atoms. The van der Waals surface area contributed by atoms with Crippen LogP contribution in [0.1, 0.15) is 27.9 Å². The van der Waals surface area contributed by atoms with Gasteiger partial charge >= 0.3 is 12.1 Å². The summed E-state index contributed by atoms with van der Waals surface area (Å²) in [4.78, 5) is 71.0. The normalized spacial score (nSPS) is 12.3. The van der Waals surface area contributed by atoms with Crippen molar-refractivity contribution in [2.24, 2.45) is 7.05 Å². The second kappa shape index (κ2) is 21.3. The summed E-state index contributed by atoms with van der Waals surface area (Å²) in [5.41, 5.74) is 3.67. The smallest absolute Gasteiger partial charge is 0.408 e. The zero-order valence-electron chi connectivity index (χ0n) is 31.7. The first-order valence-corrected chi connectivity index (χ1v) is 18.2. The van der Waals surface area contributed by atoms with Crippen molar-refractivity contribution in [2.45, 2.75) is 50.8 Å². The summed E-state index contributed by atoms with van der Waals surface area (Å²) in [6, 6.07) is 30.8. The topological polar surface area (TPSA) is 176 Å². The highest BCUT2D eigenvalue weighted by Crippen LogP contribution is 2.16. The van der Waals surface area contributed by atoms with Crippen LogP contribution in [0.4, 0.5) is 4.79 Å². The first-order valence-electron chi connectivity index (χ1n) is 18.2. The van der Waals surface area contributed by atoms with Gasteiger partial charge in [-0.1, -0.05) is 103 Å². The van der Waals surface area contributed by atoms with Crippen molar-refractivity contribution in [3.8, 4) is 5.75 Å². The van der Waals surface area contributed by atoms with Crippen LogP contribution in [0, 0.1) is 0 Å². The average Bonchev–Trinajstić information content (AvgIpc) is 3.66. The number of hydrogen-bond donors (Lipinski definition) is 3. The highest BCUT2D eigenvalue weighted by Gasteiger charge is 2.33. The van der Waals surface area contributed by atoms with Gasteiger partial charge in [0.1, 0.15) is 37.1 Å². The van der Waals surface area contributed by atoms with E-state index in [9.17, 15) is 24.0 Å². The van der Waals surface area contributed by atoms with Crippen LogP contribution in [-0.2, 0) is 73.1 Å². The van der Waals surface area contributed by atoms with Crippen LogP contribution >= 0.6 is 0 Å². The van der Waals surface area contributed by atoms with Gasteiger partial charge in [-0.05, 0) is 34.4 Å². The van der Waals surface area contributed by atoms with Crippen molar-refractivity contribution in [1.82, 2.24) is 25.5 Å². The molecule has 3 atom stereocenters. The Labute approximate surface area is 330 Å². The number of Topliss-reactive ketones (excluding diaryl/α,β-unsaturated/α-hetero) is 1. The molecular formula is C43H45N5O9. The predicted octanol–water partition coefficient (Wildman–Crippen LogP) is 4.01. The number of rotatable bonds is 20. The van der Waals surface area contributed by atoms with Crippen LogP contribution in [0.15, 0.2) is 128 Å². The lowest BCUT2D eigenvalue weighted by molar-refractivity contribution is -0.153. The van der Waals surface area contributed by atoms with Crippen molar-refractivity contribution in [1.29, 1.82) is 0 Å². The maximum absolute atomic E-state index is 14.1. The molecular weight excluding hydrogens is 730 g/mol. The van der Waals surface area contributed by atoms with Crippen molar-refractivity contribution < 1.29 is 42.9 Å². The number of amides is 3. The average molecular weight is 776 g/mol. The quantitative estimate of drug-likeness (QED) is 0.0774. The third kappa shape index (κ3) is 13.5. The number of nitrogens with zero attached hydrogens (tertiary/aromatic N) is 2. The molecule has 0 aliphatic heterocycles. The summed E-state index contributed by atoms with van der Waals surface area (Å²) in [7, 11) is 2.82. The number of nitrogens with one attached hydrogen (secondary N) is 3. The summed E-state index contributed by atoms with van der Waals surface area (Å²) in [5, 5.41) is 7.94. The monoisotopic (exact) mass is 775 g/mol. The van der Waals surface area contributed by atoms with Crippen LogP contribution in [0.25, 0.3) is 0 Å². The lowest BCUT2D eigenvalue weighted by Crippen LogP contribution is -2.58. The number of esters is 1. The SMILES string of the molecule is COC(=O)C(=O)[C@H](COCc1ccccc1)NC(=O)[C@H](Cc1ccc(OCc2ccccc2)cc1)NC(=O)[C@H](Cc1cn(C)cn1)NC(=O)OCc1ccccc1. The number of carbonyl (C=O) groups is 5. The van der Waals surface area contributed by atoms with Gasteiger partial charge in [-0.3, -0.25) is 14.4 Å². The van der Waals surface area contributed by atoms with E-state index < -0.39 is 47.8 Å². The molecule has 0 spiro atoms. The van der Waals surface area contributed by atoms with Gasteiger partial charge in [-0.2, -0.15) is 0 Å². The molecule has 0 saturated heterocycles. The summed E-state index contributed by atoms with van der Waals surface area (Å²) in [6.07, 6.45) is 2.31. The lowest BCUT2D eigenvalue weighted by Gasteiger charge is -2.25. The third-order valence-electron chi connectivity index (χ3n) is 8.65. The maximum atomic E-state index is 14.1. The molecule has 0 saturated carbocycles. The molecule has 0 aliphatic carbocycles. The Hall–Kier alpha value is -6.80. The van der Waals surface area contributed by atoms with Gasteiger partial charge in [0.2, 0.25) is 11.8 Å². The molecule has 14 heteroatoms. The van der Waals surface area contributed by atoms with E-state index in [-0.39, 0.29) is 32.7 Å². The minimum absolute atomic E-state index is 0.0360. The second-order valence-corrected chi connectivity index (χ2v) is 13.1. The number of benzene rings is 4. The number of aromatic nitrogens is 2. The fourth-order valence-corrected chi connectivity index (χ4v) is 5.64.